The van der Waals surface area contributed by atoms with Crippen molar-refractivity contribution in [3.63, 3.8) is 0 Å². The second-order valence-corrected chi connectivity index (χ2v) is 13.4. The Morgan fingerprint density at radius 3 is 2.53 bits per heavy atom. The van der Waals surface area contributed by atoms with Crippen LogP contribution in [0, 0.1) is 5.82 Å². The molecule has 2 aromatic carbocycles. The molecule has 13 heteroatoms. The number of alkyl halides is 2. The van der Waals surface area contributed by atoms with E-state index < -0.39 is 27.7 Å². The standard InChI is InChI=1S/C30H25F3N4O4S2/c1-34-28(38)25-20-14-19(21-13-17(10-12-35-21)29-36-27-24(42-29)5-4-11-30(27,32)33)22(37(2)43(3,39)40)15-23(20)41-26(25)16-6-8-18(31)9-7-16/h6-10,12-15H,4-5,11H2,1-3H3,(H,34,38). The number of pyridine rings is 1. The van der Waals surface area contributed by atoms with E-state index in [9.17, 15) is 26.4 Å². The molecule has 1 N–H and O–H groups in total. The number of sulfonamides is 1. The Morgan fingerprint density at radius 2 is 1.86 bits per heavy atom. The summed E-state index contributed by atoms with van der Waals surface area (Å²) < 4.78 is 75.3. The van der Waals surface area contributed by atoms with Crippen LogP contribution in [0.5, 0.6) is 0 Å². The Morgan fingerprint density at radius 1 is 1.12 bits per heavy atom. The smallest absolute Gasteiger partial charge is 0.290 e. The molecule has 0 saturated carbocycles. The Labute approximate surface area is 249 Å². The van der Waals surface area contributed by atoms with Crippen molar-refractivity contribution in [2.75, 3.05) is 24.7 Å². The lowest BCUT2D eigenvalue weighted by Crippen LogP contribution is -2.25. The predicted molar refractivity (Wildman–Crippen MR) is 159 cm³/mol. The number of carbonyl (C=O) groups excluding carboxylic acids is 1. The Hall–Kier alpha value is -4.23. The number of benzene rings is 2. The van der Waals surface area contributed by atoms with E-state index in [-0.39, 0.29) is 34.7 Å². The topological polar surface area (TPSA) is 105 Å². The molecule has 8 nitrogen and oxygen atoms in total. The van der Waals surface area contributed by atoms with Gasteiger partial charge in [0.15, 0.2) is 0 Å². The van der Waals surface area contributed by atoms with Gasteiger partial charge < -0.3 is 9.73 Å². The van der Waals surface area contributed by atoms with Crippen LogP contribution in [0.25, 0.3) is 44.1 Å². The number of hydrogen-bond donors (Lipinski definition) is 1. The van der Waals surface area contributed by atoms with Crippen molar-refractivity contribution >= 4 is 43.9 Å². The van der Waals surface area contributed by atoms with Gasteiger partial charge in [-0.3, -0.25) is 14.1 Å². The third kappa shape index (κ3) is 5.16. The number of halogens is 3. The molecule has 1 aliphatic rings. The highest BCUT2D eigenvalue weighted by Crippen LogP contribution is 2.45. The van der Waals surface area contributed by atoms with E-state index in [1.807, 2.05) is 0 Å². The second-order valence-electron chi connectivity index (χ2n) is 10.3. The maximum Gasteiger partial charge on any atom is 0.290 e. The summed E-state index contributed by atoms with van der Waals surface area (Å²) in [5, 5.41) is 3.38. The van der Waals surface area contributed by atoms with Crippen molar-refractivity contribution in [2.45, 2.75) is 25.2 Å². The molecule has 0 aliphatic heterocycles. The highest BCUT2D eigenvalue weighted by atomic mass is 32.2. The first-order valence-corrected chi connectivity index (χ1v) is 15.9. The third-order valence-electron chi connectivity index (χ3n) is 7.42. The third-order valence-corrected chi connectivity index (χ3v) is 9.78. The monoisotopic (exact) mass is 626 g/mol. The summed E-state index contributed by atoms with van der Waals surface area (Å²) in [5.41, 5.74) is 2.08. The van der Waals surface area contributed by atoms with Crippen LogP contribution >= 0.6 is 11.3 Å². The Bertz CT molecular complexity index is 2000. The molecule has 43 heavy (non-hydrogen) atoms. The van der Waals surface area contributed by atoms with Gasteiger partial charge in [0, 0.05) is 59.7 Å². The number of aryl methyl sites for hydroxylation is 1. The average molecular weight is 627 g/mol. The quantitative estimate of drug-likeness (QED) is 0.228. The number of nitrogens with one attached hydrogen (secondary N) is 1. The summed E-state index contributed by atoms with van der Waals surface area (Å²) in [7, 11) is -0.922. The molecule has 1 aliphatic carbocycles. The number of anilines is 1. The molecule has 1 amide bonds. The molecule has 0 atom stereocenters. The maximum absolute atomic E-state index is 14.6. The highest BCUT2D eigenvalue weighted by molar-refractivity contribution is 7.92. The van der Waals surface area contributed by atoms with Crippen LogP contribution in [0.3, 0.4) is 0 Å². The highest BCUT2D eigenvalue weighted by Gasteiger charge is 2.40. The first-order chi connectivity index (χ1) is 20.4. The predicted octanol–water partition coefficient (Wildman–Crippen LogP) is 6.61. The molecule has 222 valence electrons. The fraction of sp³-hybridized carbons (Fsp3) is 0.233. The minimum atomic E-state index is -3.76. The molecular weight excluding hydrogens is 601 g/mol. The normalized spacial score (nSPS) is 14.5. The lowest BCUT2D eigenvalue weighted by molar-refractivity contribution is -0.0251. The summed E-state index contributed by atoms with van der Waals surface area (Å²) in [6, 6.07) is 11.9. The first-order valence-electron chi connectivity index (χ1n) is 13.2. The van der Waals surface area contributed by atoms with Gasteiger partial charge in [0.25, 0.3) is 11.8 Å². The number of thiazole rings is 1. The summed E-state index contributed by atoms with van der Waals surface area (Å²) in [6.45, 7) is 0. The zero-order chi connectivity index (χ0) is 30.7. The van der Waals surface area contributed by atoms with Crippen LogP contribution in [0.4, 0.5) is 18.9 Å². The number of amides is 1. The van der Waals surface area contributed by atoms with Gasteiger partial charge in [-0.05, 0) is 55.3 Å². The number of rotatable bonds is 6. The Balaban J connectivity index is 1.58. The summed E-state index contributed by atoms with van der Waals surface area (Å²) in [4.78, 5) is 22.4. The van der Waals surface area contributed by atoms with E-state index >= 15 is 0 Å². The average Bonchev–Trinajstić information content (AvgIpc) is 3.58. The largest absolute Gasteiger partial charge is 0.455 e. The Kier molecular flexibility index (Phi) is 7.04. The molecule has 0 fully saturated rings. The SMILES string of the molecule is CNC(=O)c1c(-c2ccc(F)cc2)oc2cc(N(C)S(C)(=O)=O)c(-c3cc(-c4nc5c(s4)CCCC5(F)F)ccn3)cc12. The van der Waals surface area contributed by atoms with Crippen LogP contribution in [0.2, 0.25) is 0 Å². The van der Waals surface area contributed by atoms with E-state index in [1.54, 1.807) is 18.2 Å². The first kappa shape index (κ1) is 28.9. The number of aromatic nitrogens is 2. The molecule has 0 radical (unpaired) electrons. The van der Waals surface area contributed by atoms with Gasteiger partial charge in [-0.1, -0.05) is 0 Å². The van der Waals surface area contributed by atoms with E-state index in [4.69, 9.17) is 4.42 Å². The van der Waals surface area contributed by atoms with Gasteiger partial charge in [-0.25, -0.2) is 17.8 Å². The number of carbonyl (C=O) groups is 1. The molecular formula is C30H25F3N4O4S2. The summed E-state index contributed by atoms with van der Waals surface area (Å²) >= 11 is 1.20. The van der Waals surface area contributed by atoms with E-state index in [0.717, 1.165) is 10.6 Å². The zero-order valence-corrected chi connectivity index (χ0v) is 24.9. The fourth-order valence-corrected chi connectivity index (χ4v) is 6.82. The van der Waals surface area contributed by atoms with Crippen LogP contribution in [-0.2, 0) is 22.4 Å². The molecule has 5 aromatic rings. The minimum absolute atomic E-state index is 0.171. The minimum Gasteiger partial charge on any atom is -0.455 e. The van der Waals surface area contributed by atoms with Crippen molar-refractivity contribution in [3.8, 4) is 33.2 Å². The van der Waals surface area contributed by atoms with Crippen molar-refractivity contribution in [1.82, 2.24) is 15.3 Å². The lowest BCUT2D eigenvalue weighted by atomic mass is 9.99. The van der Waals surface area contributed by atoms with Crippen molar-refractivity contribution in [1.29, 1.82) is 0 Å². The van der Waals surface area contributed by atoms with Crippen molar-refractivity contribution in [3.05, 3.63) is 76.7 Å². The van der Waals surface area contributed by atoms with Gasteiger partial charge in [0.2, 0.25) is 10.0 Å². The molecule has 0 spiro atoms. The number of fused-ring (bicyclic) bond motifs is 2. The zero-order valence-electron chi connectivity index (χ0n) is 23.2. The van der Waals surface area contributed by atoms with Gasteiger partial charge in [-0.15, -0.1) is 11.3 Å². The second kappa shape index (κ2) is 10.5. The molecule has 3 aromatic heterocycles. The fourth-order valence-electron chi connectivity index (χ4n) is 5.16. The molecule has 6 rings (SSSR count). The van der Waals surface area contributed by atoms with E-state index in [0.29, 0.717) is 50.5 Å². The maximum atomic E-state index is 14.6. The van der Waals surface area contributed by atoms with Crippen molar-refractivity contribution in [2.24, 2.45) is 0 Å². The van der Waals surface area contributed by atoms with Crippen LogP contribution in [0.1, 0.15) is 33.8 Å². The van der Waals surface area contributed by atoms with Gasteiger partial charge in [0.05, 0.1) is 23.2 Å². The van der Waals surface area contributed by atoms with Crippen LogP contribution in [0.15, 0.2) is 59.1 Å². The van der Waals surface area contributed by atoms with Gasteiger partial charge >= 0.3 is 0 Å². The summed E-state index contributed by atoms with van der Waals surface area (Å²) in [5.74, 6) is -3.75. The number of nitrogens with zero attached hydrogens (tertiary/aromatic N) is 3. The van der Waals surface area contributed by atoms with Crippen LogP contribution < -0.4 is 9.62 Å². The number of hydrogen-bond acceptors (Lipinski definition) is 7. The van der Waals surface area contributed by atoms with Gasteiger partial charge in [-0.2, -0.15) is 8.78 Å². The summed E-state index contributed by atoms with van der Waals surface area (Å²) in [6.07, 6.45) is 3.20. The van der Waals surface area contributed by atoms with Gasteiger partial charge in [0.1, 0.15) is 27.9 Å². The van der Waals surface area contributed by atoms with E-state index in [2.05, 4.69) is 15.3 Å². The number of furan rings is 1. The molecule has 0 unspecified atom stereocenters. The van der Waals surface area contributed by atoms with Crippen molar-refractivity contribution < 1.29 is 30.8 Å². The molecule has 0 bridgehead atoms. The van der Waals surface area contributed by atoms with E-state index in [1.165, 1.54) is 62.0 Å². The lowest BCUT2D eigenvalue weighted by Gasteiger charge is -2.20. The van der Waals surface area contributed by atoms with Crippen LogP contribution in [-0.4, -0.2) is 44.6 Å². The molecule has 0 saturated heterocycles. The molecule has 3 heterocycles.